The summed E-state index contributed by atoms with van der Waals surface area (Å²) in [5.41, 5.74) is 0. The maximum atomic E-state index is 11.0. The number of aliphatic carboxylic acids is 2. The molecule has 0 bridgehead atoms. The van der Waals surface area contributed by atoms with Gasteiger partial charge in [0.05, 0.1) is 13.2 Å². The van der Waals surface area contributed by atoms with Crippen LogP contribution in [0.2, 0.25) is 0 Å². The van der Waals surface area contributed by atoms with E-state index in [0.29, 0.717) is 0 Å². The topological polar surface area (TPSA) is 161 Å². The van der Waals surface area contributed by atoms with E-state index >= 15 is 0 Å². The predicted octanol–water partition coefficient (Wildman–Crippen LogP) is -0.0332. The van der Waals surface area contributed by atoms with E-state index in [4.69, 9.17) is 10.2 Å². The van der Waals surface area contributed by atoms with Crippen LogP contribution < -0.4 is 0 Å². The highest BCUT2D eigenvalue weighted by Gasteiger charge is 2.14. The molecule has 0 rings (SSSR count). The average molecular weight is 348 g/mol. The molecule has 24 heavy (non-hydrogen) atoms. The van der Waals surface area contributed by atoms with E-state index < -0.39 is 48.3 Å². The van der Waals surface area contributed by atoms with E-state index in [1.165, 1.54) is 0 Å². The highest BCUT2D eigenvalue weighted by Crippen LogP contribution is 1.95. The first-order valence-corrected chi connectivity index (χ1v) is 6.90. The lowest BCUT2D eigenvalue weighted by molar-refractivity contribution is -0.149. The molecule has 0 radical (unpaired) electrons. The van der Waals surface area contributed by atoms with E-state index in [1.54, 1.807) is 13.8 Å². The number of esters is 2. The van der Waals surface area contributed by atoms with Crippen molar-refractivity contribution in [2.45, 2.75) is 39.5 Å². The van der Waals surface area contributed by atoms with Crippen molar-refractivity contribution in [3.63, 3.8) is 0 Å². The Kier molecular flexibility index (Phi) is 13.6. The minimum Gasteiger partial charge on any atom is -0.481 e. The van der Waals surface area contributed by atoms with Crippen LogP contribution in [0.3, 0.4) is 0 Å². The van der Waals surface area contributed by atoms with Gasteiger partial charge in [-0.15, -0.1) is 0 Å². The lowest BCUT2D eigenvalue weighted by Crippen LogP contribution is -2.16. The Bertz CT molecular complexity index is 440. The van der Waals surface area contributed by atoms with Gasteiger partial charge >= 0.3 is 23.9 Å². The summed E-state index contributed by atoms with van der Waals surface area (Å²) in [5.74, 6) is -5.09. The van der Waals surface area contributed by atoms with Crippen LogP contribution >= 0.6 is 0 Å². The Labute approximate surface area is 137 Å². The zero-order chi connectivity index (χ0) is 19.1. The number of ketones is 2. The second-order valence-electron chi connectivity index (χ2n) is 4.18. The number of carbonyl (C=O) groups excluding carboxylic acids is 4. The quantitative estimate of drug-likeness (QED) is 0.405. The van der Waals surface area contributed by atoms with Gasteiger partial charge in [0.15, 0.2) is 11.6 Å². The highest BCUT2D eigenvalue weighted by atomic mass is 16.5. The van der Waals surface area contributed by atoms with Crippen molar-refractivity contribution >= 4 is 35.4 Å². The molecule has 0 unspecified atom stereocenters. The van der Waals surface area contributed by atoms with E-state index in [-0.39, 0.29) is 26.1 Å². The Morgan fingerprint density at radius 2 is 0.917 bits per heavy atom. The molecule has 0 aromatic carbocycles. The highest BCUT2D eigenvalue weighted by molar-refractivity contribution is 6.03. The van der Waals surface area contributed by atoms with Crippen LogP contribution in [0.4, 0.5) is 0 Å². The van der Waals surface area contributed by atoms with Crippen molar-refractivity contribution in [2.75, 3.05) is 13.2 Å². The van der Waals surface area contributed by atoms with Gasteiger partial charge in [0.2, 0.25) is 0 Å². The summed E-state index contributed by atoms with van der Waals surface area (Å²) >= 11 is 0. The molecular formula is C14H20O10. The Morgan fingerprint density at radius 1 is 0.625 bits per heavy atom. The molecule has 0 aromatic heterocycles. The predicted molar refractivity (Wildman–Crippen MR) is 77.0 cm³/mol. The molecule has 136 valence electrons. The van der Waals surface area contributed by atoms with Gasteiger partial charge in [0, 0.05) is 0 Å². The molecule has 0 amide bonds. The minimum absolute atomic E-state index is 0.228. The summed E-state index contributed by atoms with van der Waals surface area (Å²) in [6.07, 6.45) is -2.17. The van der Waals surface area contributed by atoms with Crippen LogP contribution in [-0.4, -0.2) is 58.9 Å². The summed E-state index contributed by atoms with van der Waals surface area (Å²) in [4.78, 5) is 62.5. The minimum atomic E-state index is -1.30. The van der Waals surface area contributed by atoms with Crippen molar-refractivity contribution in [3.05, 3.63) is 0 Å². The molecular weight excluding hydrogens is 328 g/mol. The number of ether oxygens (including phenoxy) is 2. The number of hydrogen-bond donors (Lipinski definition) is 2. The number of rotatable bonds is 10. The fraction of sp³-hybridized carbons (Fsp3) is 0.571. The third-order valence-corrected chi connectivity index (χ3v) is 1.99. The van der Waals surface area contributed by atoms with Crippen molar-refractivity contribution in [1.82, 2.24) is 0 Å². The van der Waals surface area contributed by atoms with Gasteiger partial charge in [-0.25, -0.2) is 0 Å². The SMILES string of the molecule is CCOC(=O)CC(=O)CC(=O)OCC.O=C(O)CC(=O)CC(=O)O. The van der Waals surface area contributed by atoms with Gasteiger partial charge in [-0.3, -0.25) is 28.8 Å². The van der Waals surface area contributed by atoms with Crippen molar-refractivity contribution in [2.24, 2.45) is 0 Å². The number of carboxylic acids is 2. The van der Waals surface area contributed by atoms with Crippen molar-refractivity contribution in [3.8, 4) is 0 Å². The fourth-order valence-corrected chi connectivity index (χ4v) is 1.21. The van der Waals surface area contributed by atoms with Gasteiger partial charge in [-0.1, -0.05) is 0 Å². The van der Waals surface area contributed by atoms with Crippen molar-refractivity contribution < 1.29 is 48.5 Å². The van der Waals surface area contributed by atoms with Gasteiger partial charge in [0.25, 0.3) is 0 Å². The van der Waals surface area contributed by atoms with E-state index in [9.17, 15) is 28.8 Å². The maximum absolute atomic E-state index is 11.0. The second-order valence-corrected chi connectivity index (χ2v) is 4.18. The molecule has 0 aliphatic heterocycles. The largest absolute Gasteiger partial charge is 0.481 e. The number of Topliss-reactive ketones (excluding diaryl/α,β-unsaturated/α-hetero) is 2. The Balaban J connectivity index is 0. The molecule has 10 nitrogen and oxygen atoms in total. The monoisotopic (exact) mass is 348 g/mol. The second kappa shape index (κ2) is 13.9. The normalized spacial score (nSPS) is 9.08. The average Bonchev–Trinajstić information content (AvgIpc) is 2.37. The summed E-state index contributed by atoms with van der Waals surface area (Å²) < 4.78 is 9.08. The third kappa shape index (κ3) is 17.3. The lowest BCUT2D eigenvalue weighted by atomic mass is 10.2. The first-order valence-electron chi connectivity index (χ1n) is 6.90. The van der Waals surface area contributed by atoms with Crippen LogP contribution in [0.5, 0.6) is 0 Å². The lowest BCUT2D eigenvalue weighted by Gasteiger charge is -2.01. The van der Waals surface area contributed by atoms with E-state index in [1.807, 2.05) is 0 Å². The first kappa shape index (κ1) is 23.5. The van der Waals surface area contributed by atoms with E-state index in [0.717, 1.165) is 0 Å². The number of carboxylic acid groups (broad SMARTS) is 2. The maximum Gasteiger partial charge on any atom is 0.313 e. The summed E-state index contributed by atoms with van der Waals surface area (Å²) in [5, 5.41) is 16.0. The van der Waals surface area contributed by atoms with Crippen LogP contribution in [-0.2, 0) is 38.2 Å². The molecule has 0 saturated carbocycles. The molecule has 0 spiro atoms. The number of carbonyl (C=O) groups is 6. The molecule has 0 aliphatic rings. The summed E-state index contributed by atoms with van der Waals surface area (Å²) in [6.45, 7) is 3.75. The molecule has 0 fully saturated rings. The summed E-state index contributed by atoms with van der Waals surface area (Å²) in [6, 6.07) is 0. The number of hydrogen-bond acceptors (Lipinski definition) is 8. The van der Waals surface area contributed by atoms with Gasteiger partial charge in [0.1, 0.15) is 25.7 Å². The van der Waals surface area contributed by atoms with Crippen LogP contribution in [0, 0.1) is 0 Å². The Hall–Kier alpha value is -2.78. The van der Waals surface area contributed by atoms with Gasteiger partial charge in [-0.05, 0) is 13.8 Å². The van der Waals surface area contributed by atoms with Gasteiger partial charge in [-0.2, -0.15) is 0 Å². The fourth-order valence-electron chi connectivity index (χ4n) is 1.21. The van der Waals surface area contributed by atoms with Crippen LogP contribution in [0.25, 0.3) is 0 Å². The van der Waals surface area contributed by atoms with Crippen LogP contribution in [0.15, 0.2) is 0 Å². The van der Waals surface area contributed by atoms with Crippen LogP contribution in [0.1, 0.15) is 39.5 Å². The zero-order valence-corrected chi connectivity index (χ0v) is 13.4. The molecule has 0 aliphatic carbocycles. The third-order valence-electron chi connectivity index (χ3n) is 1.99. The smallest absolute Gasteiger partial charge is 0.313 e. The first-order chi connectivity index (χ1) is 11.1. The zero-order valence-electron chi connectivity index (χ0n) is 13.4. The molecule has 0 aromatic rings. The standard InChI is InChI=1S/C9H14O5.C5H6O5/c1-3-13-8(11)5-7(10)6-9(12)14-4-2;6-3(1-4(7)8)2-5(9)10/h3-6H2,1-2H3;1-2H2,(H,7,8)(H,9,10). The van der Waals surface area contributed by atoms with Gasteiger partial charge < -0.3 is 19.7 Å². The van der Waals surface area contributed by atoms with E-state index in [2.05, 4.69) is 9.47 Å². The molecule has 10 heteroatoms. The summed E-state index contributed by atoms with van der Waals surface area (Å²) in [7, 11) is 0. The molecule has 2 N–H and O–H groups in total. The Morgan fingerprint density at radius 3 is 1.17 bits per heavy atom. The van der Waals surface area contributed by atoms with Crippen molar-refractivity contribution in [1.29, 1.82) is 0 Å². The molecule has 0 heterocycles. The molecule has 0 saturated heterocycles. The molecule has 0 atom stereocenters.